The van der Waals surface area contributed by atoms with Gasteiger partial charge in [-0.3, -0.25) is 4.79 Å². The van der Waals surface area contributed by atoms with E-state index in [1.165, 1.54) is 0 Å². The maximum absolute atomic E-state index is 12.1. The van der Waals surface area contributed by atoms with E-state index >= 15 is 0 Å². The zero-order valence-corrected chi connectivity index (χ0v) is 11.1. The van der Waals surface area contributed by atoms with Crippen LogP contribution >= 0.6 is 0 Å². The van der Waals surface area contributed by atoms with Gasteiger partial charge in [-0.1, -0.05) is 17.7 Å². The lowest BCUT2D eigenvalue weighted by atomic mass is 9.98. The number of aryl methyl sites for hydroxylation is 1. The summed E-state index contributed by atoms with van der Waals surface area (Å²) in [5, 5.41) is 2.83. The Kier molecular flexibility index (Phi) is 4.04. The van der Waals surface area contributed by atoms with Gasteiger partial charge in [0.15, 0.2) is 0 Å². The number of nitrogens with two attached hydrogens (primary N) is 1. The Morgan fingerprint density at radius 3 is 2.63 bits per heavy atom. The number of benzene rings is 1. The summed E-state index contributed by atoms with van der Waals surface area (Å²) in [6.45, 7) is 3.07. The first kappa shape index (κ1) is 13.4. The van der Waals surface area contributed by atoms with Gasteiger partial charge in [0.2, 0.25) is 5.91 Å². The van der Waals surface area contributed by atoms with E-state index in [1.807, 2.05) is 31.2 Å². The lowest BCUT2D eigenvalue weighted by molar-refractivity contribution is -0.123. The minimum atomic E-state index is -0.326. The molecule has 0 spiro atoms. The molecule has 3 N–H and O–H groups in total. The Balaban J connectivity index is 1.96. The molecular formula is C14H19N3O2. The lowest BCUT2D eigenvalue weighted by Gasteiger charge is -2.31. The standard InChI is InChI=1S/C14H19N3O2/c1-10-4-6-12(7-5-10)16-14(19)17-8-2-3-11(9-17)13(15)18/h4-7,11H,2-3,8-9H2,1H3,(H2,15,18)(H,16,19)/t11-/m0/s1. The molecular weight excluding hydrogens is 242 g/mol. The third-order valence-electron chi connectivity index (χ3n) is 3.41. The Morgan fingerprint density at radius 2 is 2.00 bits per heavy atom. The molecule has 1 aliphatic rings. The van der Waals surface area contributed by atoms with Gasteiger partial charge in [-0.15, -0.1) is 0 Å². The molecule has 0 radical (unpaired) electrons. The van der Waals surface area contributed by atoms with Gasteiger partial charge in [-0.25, -0.2) is 4.79 Å². The van der Waals surface area contributed by atoms with E-state index in [2.05, 4.69) is 5.32 Å². The molecule has 3 amide bonds. The highest BCUT2D eigenvalue weighted by Gasteiger charge is 2.26. The first-order chi connectivity index (χ1) is 9.06. The van der Waals surface area contributed by atoms with Gasteiger partial charge in [-0.05, 0) is 31.9 Å². The maximum Gasteiger partial charge on any atom is 0.321 e. The molecule has 1 saturated heterocycles. The van der Waals surface area contributed by atoms with Crippen molar-refractivity contribution in [1.82, 2.24) is 4.90 Å². The molecule has 0 aliphatic carbocycles. The average Bonchev–Trinajstić information content (AvgIpc) is 2.41. The minimum Gasteiger partial charge on any atom is -0.369 e. The zero-order chi connectivity index (χ0) is 13.8. The number of likely N-dealkylation sites (tertiary alicyclic amines) is 1. The molecule has 0 aromatic heterocycles. The fraction of sp³-hybridized carbons (Fsp3) is 0.429. The molecule has 2 rings (SSSR count). The van der Waals surface area contributed by atoms with Crippen LogP contribution in [-0.2, 0) is 4.79 Å². The number of carbonyl (C=O) groups is 2. The summed E-state index contributed by atoms with van der Waals surface area (Å²) in [7, 11) is 0. The number of rotatable bonds is 2. The monoisotopic (exact) mass is 261 g/mol. The number of anilines is 1. The van der Waals surface area contributed by atoms with Crippen LogP contribution in [0.25, 0.3) is 0 Å². The fourth-order valence-electron chi connectivity index (χ4n) is 2.23. The van der Waals surface area contributed by atoms with Crippen molar-refractivity contribution < 1.29 is 9.59 Å². The first-order valence-corrected chi connectivity index (χ1v) is 6.48. The van der Waals surface area contributed by atoms with E-state index in [-0.39, 0.29) is 17.9 Å². The van der Waals surface area contributed by atoms with Gasteiger partial charge in [0, 0.05) is 18.8 Å². The van der Waals surface area contributed by atoms with Crippen molar-refractivity contribution in [1.29, 1.82) is 0 Å². The topological polar surface area (TPSA) is 75.4 Å². The predicted molar refractivity (Wildman–Crippen MR) is 73.7 cm³/mol. The minimum absolute atomic E-state index is 0.171. The van der Waals surface area contributed by atoms with Crippen LogP contribution in [0.2, 0.25) is 0 Å². The molecule has 0 saturated carbocycles. The van der Waals surface area contributed by atoms with Crippen molar-refractivity contribution in [3.8, 4) is 0 Å². The van der Waals surface area contributed by atoms with Gasteiger partial charge in [-0.2, -0.15) is 0 Å². The quantitative estimate of drug-likeness (QED) is 0.850. The number of nitrogens with zero attached hydrogens (tertiary/aromatic N) is 1. The summed E-state index contributed by atoms with van der Waals surface area (Å²) in [4.78, 5) is 24.9. The zero-order valence-electron chi connectivity index (χ0n) is 11.1. The molecule has 19 heavy (non-hydrogen) atoms. The third kappa shape index (κ3) is 3.47. The molecule has 0 unspecified atom stereocenters. The molecule has 5 nitrogen and oxygen atoms in total. The Morgan fingerprint density at radius 1 is 1.32 bits per heavy atom. The number of primary amides is 1. The first-order valence-electron chi connectivity index (χ1n) is 6.48. The predicted octanol–water partition coefficient (Wildman–Crippen LogP) is 1.72. The molecule has 5 heteroatoms. The van der Waals surface area contributed by atoms with Crippen LogP contribution in [0.1, 0.15) is 18.4 Å². The highest BCUT2D eigenvalue weighted by molar-refractivity contribution is 5.90. The summed E-state index contributed by atoms with van der Waals surface area (Å²) in [6.07, 6.45) is 1.58. The SMILES string of the molecule is Cc1ccc(NC(=O)N2CCC[C@H](C(N)=O)C2)cc1. The van der Waals surface area contributed by atoms with Gasteiger partial charge >= 0.3 is 6.03 Å². The average molecular weight is 261 g/mol. The second-order valence-electron chi connectivity index (χ2n) is 4.98. The number of hydrogen-bond acceptors (Lipinski definition) is 2. The van der Waals surface area contributed by atoms with Gasteiger partial charge < -0.3 is 16.0 Å². The van der Waals surface area contributed by atoms with Crippen LogP contribution in [0.15, 0.2) is 24.3 Å². The van der Waals surface area contributed by atoms with Crippen LogP contribution in [-0.4, -0.2) is 29.9 Å². The van der Waals surface area contributed by atoms with E-state index < -0.39 is 0 Å². The Bertz CT molecular complexity index is 470. The van der Waals surface area contributed by atoms with Crippen molar-refractivity contribution in [3.63, 3.8) is 0 Å². The van der Waals surface area contributed by atoms with E-state index in [9.17, 15) is 9.59 Å². The number of hydrogen-bond donors (Lipinski definition) is 2. The van der Waals surface area contributed by atoms with Crippen LogP contribution < -0.4 is 11.1 Å². The molecule has 1 heterocycles. The van der Waals surface area contributed by atoms with E-state index in [4.69, 9.17) is 5.73 Å². The second kappa shape index (κ2) is 5.73. The van der Waals surface area contributed by atoms with Gasteiger partial charge in [0.05, 0.1) is 5.92 Å². The molecule has 0 bridgehead atoms. The lowest BCUT2D eigenvalue weighted by Crippen LogP contribution is -2.45. The van der Waals surface area contributed by atoms with E-state index in [0.717, 1.165) is 24.1 Å². The highest BCUT2D eigenvalue weighted by Crippen LogP contribution is 2.17. The third-order valence-corrected chi connectivity index (χ3v) is 3.41. The number of piperidine rings is 1. The Hall–Kier alpha value is -2.04. The number of amides is 3. The smallest absolute Gasteiger partial charge is 0.321 e. The highest BCUT2D eigenvalue weighted by atomic mass is 16.2. The second-order valence-corrected chi connectivity index (χ2v) is 4.98. The molecule has 102 valence electrons. The maximum atomic E-state index is 12.1. The summed E-state index contributed by atoms with van der Waals surface area (Å²) in [5.74, 6) is -0.551. The van der Waals surface area contributed by atoms with Crippen molar-refractivity contribution in [2.75, 3.05) is 18.4 Å². The van der Waals surface area contributed by atoms with Crippen LogP contribution in [0, 0.1) is 12.8 Å². The molecule has 1 atom stereocenters. The number of urea groups is 1. The fourth-order valence-corrected chi connectivity index (χ4v) is 2.23. The number of carbonyl (C=O) groups excluding carboxylic acids is 2. The van der Waals surface area contributed by atoms with Crippen molar-refractivity contribution in [2.24, 2.45) is 11.7 Å². The van der Waals surface area contributed by atoms with Crippen molar-refractivity contribution >= 4 is 17.6 Å². The van der Waals surface area contributed by atoms with Crippen LogP contribution in [0.5, 0.6) is 0 Å². The summed E-state index contributed by atoms with van der Waals surface area (Å²) < 4.78 is 0. The molecule has 1 aliphatic heterocycles. The van der Waals surface area contributed by atoms with Crippen LogP contribution in [0.3, 0.4) is 0 Å². The summed E-state index contributed by atoms with van der Waals surface area (Å²) in [5.41, 5.74) is 7.21. The van der Waals surface area contributed by atoms with Crippen molar-refractivity contribution in [3.05, 3.63) is 29.8 Å². The van der Waals surface area contributed by atoms with E-state index in [0.29, 0.717) is 13.1 Å². The van der Waals surface area contributed by atoms with Gasteiger partial charge in [0.1, 0.15) is 0 Å². The van der Waals surface area contributed by atoms with E-state index in [1.54, 1.807) is 4.90 Å². The Labute approximate surface area is 112 Å². The number of nitrogens with one attached hydrogen (secondary N) is 1. The normalized spacial score (nSPS) is 19.0. The largest absolute Gasteiger partial charge is 0.369 e. The molecule has 1 aromatic rings. The summed E-state index contributed by atoms with van der Waals surface area (Å²) in [6, 6.07) is 7.44. The van der Waals surface area contributed by atoms with Crippen LogP contribution in [0.4, 0.5) is 10.5 Å². The van der Waals surface area contributed by atoms with Gasteiger partial charge in [0.25, 0.3) is 0 Å². The summed E-state index contributed by atoms with van der Waals surface area (Å²) >= 11 is 0. The van der Waals surface area contributed by atoms with Crippen molar-refractivity contribution in [2.45, 2.75) is 19.8 Å². The molecule has 1 aromatic carbocycles. The molecule has 1 fully saturated rings.